The highest BCUT2D eigenvalue weighted by molar-refractivity contribution is 5.80. The molecule has 1 aromatic heterocycles. The Hall–Kier alpha value is -1.98. The number of nitrogens with one attached hydrogen (secondary N) is 1. The Labute approximate surface area is 118 Å². The van der Waals surface area contributed by atoms with Crippen LogP contribution in [-0.4, -0.2) is 40.6 Å². The van der Waals surface area contributed by atoms with Crippen LogP contribution in [0.15, 0.2) is 22.8 Å². The van der Waals surface area contributed by atoms with Crippen LogP contribution >= 0.6 is 0 Å². The zero-order chi connectivity index (χ0) is 15.1. The molecule has 1 atom stereocenters. The van der Waals surface area contributed by atoms with E-state index in [1.807, 2.05) is 19.1 Å². The molecular weight excluding hydrogens is 260 g/mol. The Kier molecular flexibility index (Phi) is 6.09. The topological polar surface area (TPSA) is 82.8 Å². The maximum atomic E-state index is 12.0. The van der Waals surface area contributed by atoms with E-state index in [-0.39, 0.29) is 24.7 Å². The summed E-state index contributed by atoms with van der Waals surface area (Å²) in [4.78, 5) is 24.1. The highest BCUT2D eigenvalue weighted by Crippen LogP contribution is 2.07. The van der Waals surface area contributed by atoms with Crippen molar-refractivity contribution in [2.75, 3.05) is 6.54 Å². The standard InChI is InChI=1S/C14H22N2O4/c1-10(2)16(9-13(17)18)14(19)15-11(3)6-7-12-5-4-8-20-12/h4-5,8,10-11H,6-7,9H2,1-3H3,(H,15,19)(H,17,18). The molecule has 1 aromatic rings. The molecule has 2 amide bonds. The fourth-order valence-corrected chi connectivity index (χ4v) is 1.81. The molecule has 2 N–H and O–H groups in total. The molecule has 1 heterocycles. The Balaban J connectivity index is 2.43. The van der Waals surface area contributed by atoms with E-state index in [1.54, 1.807) is 20.1 Å². The van der Waals surface area contributed by atoms with Gasteiger partial charge in [-0.25, -0.2) is 4.79 Å². The molecule has 112 valence electrons. The number of hydrogen-bond acceptors (Lipinski definition) is 3. The molecule has 0 aliphatic rings. The molecule has 0 fully saturated rings. The minimum Gasteiger partial charge on any atom is -0.480 e. The molecule has 6 heteroatoms. The van der Waals surface area contributed by atoms with Crippen LogP contribution in [0.3, 0.4) is 0 Å². The number of hydrogen-bond donors (Lipinski definition) is 2. The van der Waals surface area contributed by atoms with Crippen LogP contribution in [0.1, 0.15) is 33.0 Å². The summed E-state index contributed by atoms with van der Waals surface area (Å²) in [5, 5.41) is 11.6. The Morgan fingerprint density at radius 2 is 2.10 bits per heavy atom. The summed E-state index contributed by atoms with van der Waals surface area (Å²) in [7, 11) is 0. The minimum atomic E-state index is -1.02. The summed E-state index contributed by atoms with van der Waals surface area (Å²) < 4.78 is 5.23. The van der Waals surface area contributed by atoms with Gasteiger partial charge in [-0.1, -0.05) is 0 Å². The second-order valence-corrected chi connectivity index (χ2v) is 5.08. The number of carbonyl (C=O) groups excluding carboxylic acids is 1. The predicted molar refractivity (Wildman–Crippen MR) is 74.5 cm³/mol. The first-order valence-corrected chi connectivity index (χ1v) is 6.71. The third-order valence-corrected chi connectivity index (χ3v) is 2.96. The lowest BCUT2D eigenvalue weighted by Gasteiger charge is -2.27. The number of carbonyl (C=O) groups is 2. The molecule has 0 saturated carbocycles. The van der Waals surface area contributed by atoms with E-state index in [1.165, 1.54) is 4.90 Å². The number of aliphatic carboxylic acids is 1. The number of amides is 2. The lowest BCUT2D eigenvalue weighted by molar-refractivity contribution is -0.138. The van der Waals surface area contributed by atoms with Gasteiger partial charge in [0.15, 0.2) is 0 Å². The summed E-state index contributed by atoms with van der Waals surface area (Å²) in [5.74, 6) is -0.144. The summed E-state index contributed by atoms with van der Waals surface area (Å²) in [5.41, 5.74) is 0. The summed E-state index contributed by atoms with van der Waals surface area (Å²) in [6.07, 6.45) is 3.08. The highest BCUT2D eigenvalue weighted by Gasteiger charge is 2.21. The highest BCUT2D eigenvalue weighted by atomic mass is 16.4. The van der Waals surface area contributed by atoms with Crippen molar-refractivity contribution in [3.63, 3.8) is 0 Å². The van der Waals surface area contributed by atoms with Crippen molar-refractivity contribution >= 4 is 12.0 Å². The summed E-state index contributed by atoms with van der Waals surface area (Å²) >= 11 is 0. The maximum Gasteiger partial charge on any atom is 0.323 e. The molecule has 20 heavy (non-hydrogen) atoms. The number of aryl methyl sites for hydroxylation is 1. The molecule has 0 spiro atoms. The molecule has 0 aromatic carbocycles. The van der Waals surface area contributed by atoms with E-state index in [9.17, 15) is 9.59 Å². The van der Waals surface area contributed by atoms with E-state index in [2.05, 4.69) is 5.32 Å². The Morgan fingerprint density at radius 1 is 1.40 bits per heavy atom. The van der Waals surface area contributed by atoms with Crippen LogP contribution in [0.4, 0.5) is 4.79 Å². The first-order valence-electron chi connectivity index (χ1n) is 6.71. The third kappa shape index (κ3) is 5.34. The van der Waals surface area contributed by atoms with E-state index < -0.39 is 5.97 Å². The quantitative estimate of drug-likeness (QED) is 0.802. The Morgan fingerprint density at radius 3 is 2.60 bits per heavy atom. The van der Waals surface area contributed by atoms with E-state index >= 15 is 0 Å². The lowest BCUT2D eigenvalue weighted by Crippen LogP contribution is -2.49. The largest absolute Gasteiger partial charge is 0.480 e. The molecule has 0 aliphatic heterocycles. The monoisotopic (exact) mass is 282 g/mol. The number of rotatable bonds is 7. The number of urea groups is 1. The molecule has 6 nitrogen and oxygen atoms in total. The van der Waals surface area contributed by atoms with Gasteiger partial charge in [0.1, 0.15) is 12.3 Å². The molecule has 0 bridgehead atoms. The van der Waals surface area contributed by atoms with Crippen LogP contribution in [-0.2, 0) is 11.2 Å². The first-order chi connectivity index (χ1) is 9.40. The molecule has 1 unspecified atom stereocenters. The van der Waals surface area contributed by atoms with E-state index in [0.29, 0.717) is 0 Å². The lowest BCUT2D eigenvalue weighted by atomic mass is 10.1. The SMILES string of the molecule is CC(CCc1ccco1)NC(=O)N(CC(=O)O)C(C)C. The average molecular weight is 282 g/mol. The third-order valence-electron chi connectivity index (χ3n) is 2.96. The van der Waals surface area contributed by atoms with Crippen LogP contribution in [0.2, 0.25) is 0 Å². The van der Waals surface area contributed by atoms with Crippen LogP contribution in [0.5, 0.6) is 0 Å². The van der Waals surface area contributed by atoms with Gasteiger partial charge in [0, 0.05) is 18.5 Å². The van der Waals surface area contributed by atoms with E-state index in [4.69, 9.17) is 9.52 Å². The number of carboxylic acid groups (broad SMARTS) is 1. The van der Waals surface area contributed by atoms with Gasteiger partial charge in [-0.3, -0.25) is 4.79 Å². The molecule has 1 rings (SSSR count). The molecule has 0 saturated heterocycles. The van der Waals surface area contributed by atoms with Crippen LogP contribution in [0.25, 0.3) is 0 Å². The van der Waals surface area contributed by atoms with Gasteiger partial charge in [0.25, 0.3) is 0 Å². The molecule has 0 aliphatic carbocycles. The van der Waals surface area contributed by atoms with Gasteiger partial charge >= 0.3 is 12.0 Å². The molecular formula is C14H22N2O4. The fourth-order valence-electron chi connectivity index (χ4n) is 1.81. The van der Waals surface area contributed by atoms with Crippen molar-refractivity contribution in [2.45, 2.75) is 45.7 Å². The van der Waals surface area contributed by atoms with Gasteiger partial charge in [-0.15, -0.1) is 0 Å². The van der Waals surface area contributed by atoms with Gasteiger partial charge in [0.05, 0.1) is 6.26 Å². The van der Waals surface area contributed by atoms with Crippen molar-refractivity contribution in [3.05, 3.63) is 24.2 Å². The summed E-state index contributed by atoms with van der Waals surface area (Å²) in [6.45, 7) is 5.17. The van der Waals surface area contributed by atoms with Crippen LogP contribution < -0.4 is 5.32 Å². The first kappa shape index (κ1) is 16.1. The minimum absolute atomic E-state index is 0.0531. The second kappa shape index (κ2) is 7.57. The number of furan rings is 1. The van der Waals surface area contributed by atoms with Crippen molar-refractivity contribution < 1.29 is 19.1 Å². The second-order valence-electron chi connectivity index (χ2n) is 5.08. The van der Waals surface area contributed by atoms with Crippen molar-refractivity contribution in [3.8, 4) is 0 Å². The van der Waals surface area contributed by atoms with Gasteiger partial charge in [-0.05, 0) is 39.3 Å². The van der Waals surface area contributed by atoms with Gasteiger partial charge < -0.3 is 19.7 Å². The van der Waals surface area contributed by atoms with Crippen LogP contribution in [0, 0.1) is 0 Å². The maximum absolute atomic E-state index is 12.0. The van der Waals surface area contributed by atoms with E-state index in [0.717, 1.165) is 18.6 Å². The van der Waals surface area contributed by atoms with Crippen molar-refractivity contribution in [2.24, 2.45) is 0 Å². The van der Waals surface area contributed by atoms with Gasteiger partial charge in [0.2, 0.25) is 0 Å². The smallest absolute Gasteiger partial charge is 0.323 e. The zero-order valence-electron chi connectivity index (χ0n) is 12.1. The zero-order valence-corrected chi connectivity index (χ0v) is 12.1. The summed E-state index contributed by atoms with van der Waals surface area (Å²) in [6, 6.07) is 3.14. The predicted octanol–water partition coefficient (Wildman–Crippen LogP) is 2.11. The van der Waals surface area contributed by atoms with Gasteiger partial charge in [-0.2, -0.15) is 0 Å². The number of nitrogens with zero attached hydrogens (tertiary/aromatic N) is 1. The Bertz CT molecular complexity index is 428. The van der Waals surface area contributed by atoms with Crippen molar-refractivity contribution in [1.82, 2.24) is 10.2 Å². The molecule has 0 radical (unpaired) electrons. The van der Waals surface area contributed by atoms with Crippen molar-refractivity contribution in [1.29, 1.82) is 0 Å². The normalized spacial score (nSPS) is 12.2. The number of carboxylic acids is 1. The average Bonchev–Trinajstić information content (AvgIpc) is 2.85. The fraction of sp³-hybridized carbons (Fsp3) is 0.571.